The van der Waals surface area contributed by atoms with Crippen LogP contribution in [0.15, 0.2) is 36.7 Å². The van der Waals surface area contributed by atoms with Crippen LogP contribution in [-0.2, 0) is 6.42 Å². The van der Waals surface area contributed by atoms with E-state index in [-0.39, 0.29) is 11.6 Å². The molecule has 2 aromatic rings. The maximum absolute atomic E-state index is 12.5. The number of carbonyl (C=O) groups is 2. The van der Waals surface area contributed by atoms with Crippen LogP contribution in [0.25, 0.3) is 0 Å². The van der Waals surface area contributed by atoms with E-state index >= 15 is 0 Å². The Morgan fingerprint density at radius 2 is 1.77 bits per heavy atom. The Balaban J connectivity index is 1.96. The lowest BCUT2D eigenvalue weighted by atomic mass is 9.95. The summed E-state index contributed by atoms with van der Waals surface area (Å²) < 4.78 is 10.5. The maximum atomic E-state index is 12.5. The second-order valence-electron chi connectivity index (χ2n) is 5.09. The van der Waals surface area contributed by atoms with Crippen LogP contribution in [0.5, 0.6) is 11.5 Å². The highest BCUT2D eigenvalue weighted by atomic mass is 16.5. The summed E-state index contributed by atoms with van der Waals surface area (Å²) in [5.74, 6) is 0.0196. The Morgan fingerprint density at radius 3 is 2.41 bits per heavy atom. The lowest BCUT2D eigenvalue weighted by Crippen LogP contribution is -2.20. The van der Waals surface area contributed by atoms with Gasteiger partial charge < -0.3 is 9.47 Å². The molecular weight excluding hydrogens is 282 g/mol. The van der Waals surface area contributed by atoms with E-state index in [9.17, 15) is 9.59 Å². The van der Waals surface area contributed by atoms with Crippen molar-refractivity contribution in [3.05, 3.63) is 53.3 Å². The second-order valence-corrected chi connectivity index (χ2v) is 5.09. The van der Waals surface area contributed by atoms with Crippen LogP contribution >= 0.6 is 0 Å². The Labute approximate surface area is 127 Å². The fourth-order valence-electron chi connectivity index (χ4n) is 2.75. The van der Waals surface area contributed by atoms with Gasteiger partial charge in [0.25, 0.3) is 0 Å². The molecule has 1 aromatic carbocycles. The first-order valence-corrected chi connectivity index (χ1v) is 6.89. The molecular formula is C17H15NO4. The third-order valence-electron chi connectivity index (χ3n) is 3.90. The Bertz CT molecular complexity index is 740. The molecule has 0 unspecified atom stereocenters. The smallest absolute Gasteiger partial charge is 0.174 e. The molecule has 1 atom stereocenters. The molecule has 0 saturated heterocycles. The molecule has 0 radical (unpaired) electrons. The quantitative estimate of drug-likeness (QED) is 0.640. The summed E-state index contributed by atoms with van der Waals surface area (Å²) in [7, 11) is 3.06. The molecule has 0 fully saturated rings. The van der Waals surface area contributed by atoms with Gasteiger partial charge in [0.05, 0.1) is 20.1 Å². The summed E-state index contributed by atoms with van der Waals surface area (Å²) in [6, 6.07) is 6.67. The number of rotatable bonds is 4. The van der Waals surface area contributed by atoms with E-state index in [0.717, 1.165) is 5.56 Å². The minimum Gasteiger partial charge on any atom is -0.493 e. The molecule has 0 N–H and O–H groups in total. The van der Waals surface area contributed by atoms with Crippen molar-refractivity contribution >= 4 is 11.6 Å². The van der Waals surface area contributed by atoms with E-state index in [0.29, 0.717) is 29.0 Å². The molecule has 1 aromatic heterocycles. The number of ether oxygens (including phenoxy) is 2. The summed E-state index contributed by atoms with van der Waals surface area (Å²) in [6.45, 7) is 0. The van der Waals surface area contributed by atoms with Crippen molar-refractivity contribution in [3.8, 4) is 11.5 Å². The molecule has 0 spiro atoms. The molecule has 0 amide bonds. The van der Waals surface area contributed by atoms with Gasteiger partial charge in [0.15, 0.2) is 23.1 Å². The average Bonchev–Trinajstić information content (AvgIpc) is 2.89. The van der Waals surface area contributed by atoms with Crippen LogP contribution in [0.2, 0.25) is 0 Å². The van der Waals surface area contributed by atoms with Crippen LogP contribution < -0.4 is 9.47 Å². The third-order valence-corrected chi connectivity index (χ3v) is 3.90. The Morgan fingerprint density at radius 1 is 1.14 bits per heavy atom. The second kappa shape index (κ2) is 5.60. The summed E-state index contributed by atoms with van der Waals surface area (Å²) in [5.41, 5.74) is 1.85. The molecule has 0 saturated carbocycles. The van der Waals surface area contributed by atoms with Crippen LogP contribution in [0.1, 0.15) is 26.3 Å². The van der Waals surface area contributed by atoms with Gasteiger partial charge in [-0.05, 0) is 36.2 Å². The molecule has 22 heavy (non-hydrogen) atoms. The van der Waals surface area contributed by atoms with Gasteiger partial charge in [0, 0.05) is 23.5 Å². The molecule has 1 aliphatic carbocycles. The van der Waals surface area contributed by atoms with Crippen LogP contribution in [0.4, 0.5) is 0 Å². The van der Waals surface area contributed by atoms with E-state index in [4.69, 9.17) is 9.47 Å². The number of carbonyl (C=O) groups excluding carboxylic acids is 2. The van der Waals surface area contributed by atoms with E-state index in [1.807, 2.05) is 0 Å². The number of nitrogens with zero attached hydrogens (tertiary/aromatic N) is 1. The van der Waals surface area contributed by atoms with Crippen LogP contribution in [0, 0.1) is 5.92 Å². The fraction of sp³-hybridized carbons (Fsp3) is 0.235. The molecule has 3 rings (SSSR count). The van der Waals surface area contributed by atoms with E-state index in [1.165, 1.54) is 7.11 Å². The molecule has 1 heterocycles. The number of pyridine rings is 1. The van der Waals surface area contributed by atoms with Gasteiger partial charge >= 0.3 is 0 Å². The van der Waals surface area contributed by atoms with E-state index < -0.39 is 5.92 Å². The van der Waals surface area contributed by atoms with Gasteiger partial charge in [0.1, 0.15) is 0 Å². The number of benzene rings is 1. The third kappa shape index (κ3) is 2.24. The Hall–Kier alpha value is -2.69. The van der Waals surface area contributed by atoms with Crippen molar-refractivity contribution in [2.75, 3.05) is 14.2 Å². The highest BCUT2D eigenvalue weighted by Gasteiger charge is 2.37. The standard InChI is InChI=1S/C17H15NO4/c1-21-14-8-11-7-13(16(19)10-3-5-18-6-4-10)17(20)12(11)9-15(14)22-2/h3-6,8-9,13H,7H2,1-2H3/t13-/m0/s1. The van der Waals surface area contributed by atoms with Gasteiger partial charge in [-0.1, -0.05) is 0 Å². The zero-order valence-corrected chi connectivity index (χ0v) is 12.3. The molecule has 5 heteroatoms. The number of hydrogen-bond donors (Lipinski definition) is 0. The normalized spacial score (nSPS) is 16.3. The average molecular weight is 297 g/mol. The highest BCUT2D eigenvalue weighted by Crippen LogP contribution is 2.37. The SMILES string of the molecule is COc1cc2c(cc1OC)C(=O)[C@H](C(=O)c1ccncc1)C2. The number of hydrogen-bond acceptors (Lipinski definition) is 5. The first-order chi connectivity index (χ1) is 10.7. The van der Waals surface area contributed by atoms with Crippen molar-refractivity contribution in [3.63, 3.8) is 0 Å². The first-order valence-electron chi connectivity index (χ1n) is 6.89. The van der Waals surface area contributed by atoms with Crippen LogP contribution in [-0.4, -0.2) is 30.8 Å². The van der Waals surface area contributed by atoms with Crippen molar-refractivity contribution < 1.29 is 19.1 Å². The van der Waals surface area contributed by atoms with Crippen molar-refractivity contribution in [2.24, 2.45) is 5.92 Å². The van der Waals surface area contributed by atoms with Crippen molar-refractivity contribution in [1.82, 2.24) is 4.98 Å². The topological polar surface area (TPSA) is 65.5 Å². The van der Waals surface area contributed by atoms with Crippen molar-refractivity contribution in [1.29, 1.82) is 0 Å². The van der Waals surface area contributed by atoms with Gasteiger partial charge in [-0.3, -0.25) is 14.6 Å². The molecule has 112 valence electrons. The summed E-state index contributed by atoms with van der Waals surface area (Å²) in [4.78, 5) is 29.0. The number of fused-ring (bicyclic) bond motifs is 1. The van der Waals surface area contributed by atoms with Crippen LogP contribution in [0.3, 0.4) is 0 Å². The minimum atomic E-state index is -0.686. The lowest BCUT2D eigenvalue weighted by Gasteiger charge is -2.09. The van der Waals surface area contributed by atoms with E-state index in [2.05, 4.69) is 4.98 Å². The molecule has 0 bridgehead atoms. The summed E-state index contributed by atoms with van der Waals surface area (Å²) >= 11 is 0. The number of methoxy groups -OCH3 is 2. The highest BCUT2D eigenvalue weighted by molar-refractivity contribution is 6.18. The predicted molar refractivity (Wildman–Crippen MR) is 79.6 cm³/mol. The summed E-state index contributed by atoms with van der Waals surface area (Å²) in [5, 5.41) is 0. The maximum Gasteiger partial charge on any atom is 0.174 e. The lowest BCUT2D eigenvalue weighted by molar-refractivity contribution is 0.0822. The van der Waals surface area contributed by atoms with Gasteiger partial charge in [-0.25, -0.2) is 0 Å². The number of Topliss-reactive ketones (excluding diaryl/α,β-unsaturated/α-hetero) is 2. The predicted octanol–water partition coefficient (Wildman–Crippen LogP) is 2.34. The van der Waals surface area contributed by atoms with Crippen molar-refractivity contribution in [2.45, 2.75) is 6.42 Å². The zero-order valence-electron chi connectivity index (χ0n) is 12.3. The van der Waals surface area contributed by atoms with E-state index in [1.54, 1.807) is 43.8 Å². The monoisotopic (exact) mass is 297 g/mol. The minimum absolute atomic E-state index is 0.169. The zero-order chi connectivity index (χ0) is 15.7. The molecule has 5 nitrogen and oxygen atoms in total. The van der Waals surface area contributed by atoms with Gasteiger partial charge in [-0.15, -0.1) is 0 Å². The van der Waals surface area contributed by atoms with Gasteiger partial charge in [-0.2, -0.15) is 0 Å². The number of aromatic nitrogens is 1. The molecule has 1 aliphatic rings. The van der Waals surface area contributed by atoms with Gasteiger partial charge in [0.2, 0.25) is 0 Å². The summed E-state index contributed by atoms with van der Waals surface area (Å²) in [6.07, 6.45) is 3.48. The Kier molecular flexibility index (Phi) is 3.63. The first kappa shape index (κ1) is 14.3. The fourth-order valence-corrected chi connectivity index (χ4v) is 2.75. The molecule has 0 aliphatic heterocycles. The largest absolute Gasteiger partial charge is 0.493 e. The number of ketones is 2.